The molecule has 4 nitrogen and oxygen atoms in total. The van der Waals surface area contributed by atoms with Gasteiger partial charge in [-0.15, -0.1) is 0 Å². The van der Waals surface area contributed by atoms with Crippen LogP contribution in [0.4, 0.5) is 5.69 Å². The van der Waals surface area contributed by atoms with Gasteiger partial charge >= 0.3 is 0 Å². The summed E-state index contributed by atoms with van der Waals surface area (Å²) in [5.41, 5.74) is 2.16. The molecule has 1 amide bonds. The Bertz CT molecular complexity index is 435. The largest absolute Gasteiger partial charge is 0.379 e. The first-order chi connectivity index (χ1) is 10.2. The van der Waals surface area contributed by atoms with E-state index in [1.54, 1.807) is 0 Å². The molecule has 0 atom stereocenters. The number of hydrogen-bond acceptors (Lipinski definition) is 3. The van der Waals surface area contributed by atoms with Gasteiger partial charge in [0.15, 0.2) is 0 Å². The molecule has 0 radical (unpaired) electrons. The second kappa shape index (κ2) is 8.15. The van der Waals surface area contributed by atoms with Gasteiger partial charge in [-0.25, -0.2) is 0 Å². The summed E-state index contributed by atoms with van der Waals surface area (Å²) in [4.78, 5) is 14.4. The van der Waals surface area contributed by atoms with Crippen molar-refractivity contribution in [2.24, 2.45) is 5.92 Å². The zero-order valence-electron chi connectivity index (χ0n) is 13.1. The Hall–Kier alpha value is -1.39. The summed E-state index contributed by atoms with van der Waals surface area (Å²) < 4.78 is 5.35. The first-order valence-electron chi connectivity index (χ1n) is 7.92. The van der Waals surface area contributed by atoms with Crippen molar-refractivity contribution in [1.82, 2.24) is 4.90 Å². The third kappa shape index (κ3) is 4.83. The van der Waals surface area contributed by atoms with Crippen LogP contribution in [-0.2, 0) is 16.1 Å². The van der Waals surface area contributed by atoms with Crippen LogP contribution in [0.25, 0.3) is 0 Å². The standard InChI is InChI=1S/C17H26N2O2/c1-3-15(4-2)17(20)18-16-7-5-14(6-8-16)13-19-9-11-21-12-10-19/h5-8,15H,3-4,9-13H2,1-2H3,(H,18,20). The van der Waals surface area contributed by atoms with Crippen LogP contribution in [0, 0.1) is 5.92 Å². The second-order valence-electron chi connectivity index (χ2n) is 5.59. The molecule has 1 aliphatic heterocycles. The van der Waals surface area contributed by atoms with Gasteiger partial charge in [0, 0.05) is 31.2 Å². The lowest BCUT2D eigenvalue weighted by atomic mass is 10.0. The molecule has 0 spiro atoms. The molecule has 116 valence electrons. The van der Waals surface area contributed by atoms with Crippen molar-refractivity contribution < 1.29 is 9.53 Å². The van der Waals surface area contributed by atoms with Crippen molar-refractivity contribution in [1.29, 1.82) is 0 Å². The molecule has 1 heterocycles. The van der Waals surface area contributed by atoms with Gasteiger partial charge in [-0.2, -0.15) is 0 Å². The molecule has 1 N–H and O–H groups in total. The SMILES string of the molecule is CCC(CC)C(=O)Nc1ccc(CN2CCOCC2)cc1. The summed E-state index contributed by atoms with van der Waals surface area (Å²) in [6.07, 6.45) is 1.77. The molecule has 0 aromatic heterocycles. The summed E-state index contributed by atoms with van der Waals surface area (Å²) in [7, 11) is 0. The Kier molecular flexibility index (Phi) is 6.21. The Morgan fingerprint density at radius 1 is 1.19 bits per heavy atom. The van der Waals surface area contributed by atoms with E-state index in [1.807, 2.05) is 12.1 Å². The van der Waals surface area contributed by atoms with E-state index in [-0.39, 0.29) is 11.8 Å². The third-order valence-electron chi connectivity index (χ3n) is 4.09. The fourth-order valence-corrected chi connectivity index (χ4v) is 2.61. The minimum Gasteiger partial charge on any atom is -0.379 e. The highest BCUT2D eigenvalue weighted by Gasteiger charge is 2.14. The molecule has 0 bridgehead atoms. The fourth-order valence-electron chi connectivity index (χ4n) is 2.61. The number of ether oxygens (including phenoxy) is 1. The maximum Gasteiger partial charge on any atom is 0.227 e. The number of hydrogen-bond donors (Lipinski definition) is 1. The van der Waals surface area contributed by atoms with Crippen molar-refractivity contribution in [2.75, 3.05) is 31.6 Å². The summed E-state index contributed by atoms with van der Waals surface area (Å²) in [5.74, 6) is 0.235. The van der Waals surface area contributed by atoms with Crippen molar-refractivity contribution in [2.45, 2.75) is 33.2 Å². The van der Waals surface area contributed by atoms with Crippen LogP contribution in [0.5, 0.6) is 0 Å². The normalized spacial score (nSPS) is 16.1. The fraction of sp³-hybridized carbons (Fsp3) is 0.588. The van der Waals surface area contributed by atoms with E-state index in [2.05, 4.69) is 36.2 Å². The first kappa shape index (κ1) is 16.0. The van der Waals surface area contributed by atoms with Gasteiger partial charge in [0.05, 0.1) is 13.2 Å². The lowest BCUT2D eigenvalue weighted by molar-refractivity contribution is -0.120. The third-order valence-corrected chi connectivity index (χ3v) is 4.09. The number of carbonyl (C=O) groups excluding carboxylic acids is 1. The summed E-state index contributed by atoms with van der Waals surface area (Å²) in [6.45, 7) is 8.69. The number of rotatable bonds is 6. The van der Waals surface area contributed by atoms with Crippen LogP contribution in [0.3, 0.4) is 0 Å². The topological polar surface area (TPSA) is 41.6 Å². The van der Waals surface area contributed by atoms with E-state index in [0.29, 0.717) is 0 Å². The van der Waals surface area contributed by atoms with Crippen LogP contribution < -0.4 is 5.32 Å². The summed E-state index contributed by atoms with van der Waals surface area (Å²) in [5, 5.41) is 3.00. The van der Waals surface area contributed by atoms with Crippen molar-refractivity contribution >= 4 is 11.6 Å². The van der Waals surface area contributed by atoms with E-state index in [9.17, 15) is 4.79 Å². The molecule has 1 fully saturated rings. The van der Waals surface area contributed by atoms with Gasteiger partial charge in [-0.3, -0.25) is 9.69 Å². The number of nitrogens with zero attached hydrogens (tertiary/aromatic N) is 1. The van der Waals surface area contributed by atoms with Crippen molar-refractivity contribution in [3.05, 3.63) is 29.8 Å². The van der Waals surface area contributed by atoms with Crippen molar-refractivity contribution in [3.8, 4) is 0 Å². The van der Waals surface area contributed by atoms with Gasteiger partial charge in [0.1, 0.15) is 0 Å². The molecule has 4 heteroatoms. The monoisotopic (exact) mass is 290 g/mol. The number of carbonyl (C=O) groups is 1. The number of morpholine rings is 1. The van der Waals surface area contributed by atoms with Crippen LogP contribution in [0.15, 0.2) is 24.3 Å². The Labute approximate surface area is 127 Å². The first-order valence-corrected chi connectivity index (χ1v) is 7.92. The molecule has 1 aliphatic rings. The van der Waals surface area contributed by atoms with Gasteiger partial charge in [-0.05, 0) is 30.5 Å². The second-order valence-corrected chi connectivity index (χ2v) is 5.59. The molecule has 0 saturated carbocycles. The van der Waals surface area contributed by atoms with Crippen molar-refractivity contribution in [3.63, 3.8) is 0 Å². The maximum absolute atomic E-state index is 12.0. The van der Waals surface area contributed by atoms with E-state index in [0.717, 1.165) is 51.4 Å². The quantitative estimate of drug-likeness (QED) is 0.876. The van der Waals surface area contributed by atoms with E-state index in [4.69, 9.17) is 4.74 Å². The Morgan fingerprint density at radius 2 is 1.81 bits per heavy atom. The smallest absolute Gasteiger partial charge is 0.227 e. The number of anilines is 1. The zero-order valence-corrected chi connectivity index (χ0v) is 13.1. The van der Waals surface area contributed by atoms with Crippen LogP contribution in [0.2, 0.25) is 0 Å². The van der Waals surface area contributed by atoms with Crippen LogP contribution >= 0.6 is 0 Å². The van der Waals surface area contributed by atoms with Gasteiger partial charge in [0.2, 0.25) is 5.91 Å². The summed E-state index contributed by atoms with van der Waals surface area (Å²) in [6, 6.07) is 8.18. The average Bonchev–Trinajstić information content (AvgIpc) is 2.51. The minimum absolute atomic E-state index is 0.109. The maximum atomic E-state index is 12.0. The molecule has 1 aromatic carbocycles. The molecule has 1 aromatic rings. The summed E-state index contributed by atoms with van der Waals surface area (Å²) >= 11 is 0. The minimum atomic E-state index is 0.109. The molecule has 21 heavy (non-hydrogen) atoms. The zero-order chi connectivity index (χ0) is 15.1. The number of nitrogens with one attached hydrogen (secondary N) is 1. The Balaban J connectivity index is 1.87. The average molecular weight is 290 g/mol. The van der Waals surface area contributed by atoms with Crippen LogP contribution in [-0.4, -0.2) is 37.1 Å². The van der Waals surface area contributed by atoms with E-state index < -0.39 is 0 Å². The molecule has 0 unspecified atom stereocenters. The predicted octanol–water partition coefficient (Wildman–Crippen LogP) is 2.89. The highest BCUT2D eigenvalue weighted by Crippen LogP contribution is 2.15. The number of benzene rings is 1. The molecule has 2 rings (SSSR count). The van der Waals surface area contributed by atoms with E-state index in [1.165, 1.54) is 5.56 Å². The Morgan fingerprint density at radius 3 is 2.38 bits per heavy atom. The predicted molar refractivity (Wildman–Crippen MR) is 85.2 cm³/mol. The molecular formula is C17H26N2O2. The number of amides is 1. The molecule has 1 saturated heterocycles. The van der Waals surface area contributed by atoms with E-state index >= 15 is 0 Å². The van der Waals surface area contributed by atoms with Crippen LogP contribution in [0.1, 0.15) is 32.3 Å². The highest BCUT2D eigenvalue weighted by molar-refractivity contribution is 5.92. The highest BCUT2D eigenvalue weighted by atomic mass is 16.5. The van der Waals surface area contributed by atoms with Gasteiger partial charge < -0.3 is 10.1 Å². The van der Waals surface area contributed by atoms with Gasteiger partial charge in [0.25, 0.3) is 0 Å². The lowest BCUT2D eigenvalue weighted by Gasteiger charge is -2.26. The molecular weight excluding hydrogens is 264 g/mol. The molecule has 0 aliphatic carbocycles. The lowest BCUT2D eigenvalue weighted by Crippen LogP contribution is -2.35. The van der Waals surface area contributed by atoms with Gasteiger partial charge in [-0.1, -0.05) is 26.0 Å².